The molecule has 3 heteroatoms. The van der Waals surface area contributed by atoms with Crippen LogP contribution in [0.4, 0.5) is 0 Å². The van der Waals surface area contributed by atoms with Crippen molar-refractivity contribution in [2.45, 2.75) is 45.8 Å². The highest BCUT2D eigenvalue weighted by atomic mass is 16.5. The van der Waals surface area contributed by atoms with Gasteiger partial charge < -0.3 is 9.30 Å². The molecule has 0 aliphatic heterocycles. The lowest BCUT2D eigenvalue weighted by Crippen LogP contribution is -2.16. The van der Waals surface area contributed by atoms with E-state index in [1.807, 2.05) is 12.5 Å². The molecule has 3 nitrogen and oxygen atoms in total. The summed E-state index contributed by atoms with van der Waals surface area (Å²) in [6, 6.07) is 21.5. The average molecular weight is 385 g/mol. The summed E-state index contributed by atoms with van der Waals surface area (Å²) in [5, 5.41) is 2.47. The minimum absolute atomic E-state index is 0.104. The highest BCUT2D eigenvalue weighted by Gasteiger charge is 2.19. The van der Waals surface area contributed by atoms with Crippen LogP contribution in [0.2, 0.25) is 0 Å². The molecular weight excluding hydrogens is 356 g/mol. The second-order valence-corrected chi connectivity index (χ2v) is 8.70. The Morgan fingerprint density at radius 3 is 2.45 bits per heavy atom. The Morgan fingerprint density at radius 1 is 0.966 bits per heavy atom. The van der Waals surface area contributed by atoms with E-state index in [2.05, 4.69) is 97.9 Å². The monoisotopic (exact) mass is 384 g/mol. The van der Waals surface area contributed by atoms with Crippen LogP contribution in [0.5, 0.6) is 5.75 Å². The van der Waals surface area contributed by atoms with E-state index in [1.54, 1.807) is 6.20 Å². The van der Waals surface area contributed by atoms with Crippen molar-refractivity contribution in [2.24, 2.45) is 0 Å². The summed E-state index contributed by atoms with van der Waals surface area (Å²) in [5.41, 5.74) is 3.77. The maximum Gasteiger partial charge on any atom is 0.142 e. The Balaban J connectivity index is 1.69. The van der Waals surface area contributed by atoms with Crippen LogP contribution in [0.3, 0.4) is 0 Å². The lowest BCUT2D eigenvalue weighted by Gasteiger charge is -2.24. The van der Waals surface area contributed by atoms with Gasteiger partial charge in [0.1, 0.15) is 11.9 Å². The molecular formula is C26H28N2O. The van der Waals surface area contributed by atoms with Gasteiger partial charge in [0, 0.05) is 12.4 Å². The number of ether oxygens (including phenoxy) is 1. The molecule has 0 bridgehead atoms. The smallest absolute Gasteiger partial charge is 0.142 e. The van der Waals surface area contributed by atoms with E-state index in [4.69, 9.17) is 4.74 Å². The molecule has 0 N–H and O–H groups in total. The van der Waals surface area contributed by atoms with Crippen LogP contribution in [-0.2, 0) is 12.0 Å². The van der Waals surface area contributed by atoms with E-state index >= 15 is 0 Å². The minimum atomic E-state index is -0.104. The van der Waals surface area contributed by atoms with E-state index in [0.29, 0.717) is 6.54 Å². The van der Waals surface area contributed by atoms with Crippen LogP contribution in [0.25, 0.3) is 10.8 Å². The van der Waals surface area contributed by atoms with Crippen molar-refractivity contribution < 1.29 is 4.74 Å². The molecule has 0 aliphatic rings. The van der Waals surface area contributed by atoms with Crippen LogP contribution >= 0.6 is 0 Å². The van der Waals surface area contributed by atoms with E-state index in [1.165, 1.54) is 16.3 Å². The molecule has 4 aromatic rings. The number of nitrogens with zero attached hydrogens (tertiary/aromatic N) is 2. The number of rotatable bonds is 5. The Morgan fingerprint density at radius 2 is 1.76 bits per heavy atom. The van der Waals surface area contributed by atoms with Crippen LogP contribution in [0.1, 0.15) is 43.6 Å². The zero-order valence-electron chi connectivity index (χ0n) is 17.6. The summed E-state index contributed by atoms with van der Waals surface area (Å²) in [5.74, 6) is 0.927. The van der Waals surface area contributed by atoms with Gasteiger partial charge in [-0.15, -0.1) is 0 Å². The third-order valence-corrected chi connectivity index (χ3v) is 5.39. The van der Waals surface area contributed by atoms with E-state index in [9.17, 15) is 0 Å². The first-order chi connectivity index (χ1) is 13.9. The number of hydrogen-bond acceptors (Lipinski definition) is 2. The van der Waals surface area contributed by atoms with Crippen molar-refractivity contribution >= 4 is 10.8 Å². The summed E-state index contributed by atoms with van der Waals surface area (Å²) in [7, 11) is 0. The predicted octanol–water partition coefficient (Wildman–Crippen LogP) is 6.46. The fraction of sp³-hybridized carbons (Fsp3) is 0.269. The number of aromatic nitrogens is 2. The molecule has 0 saturated heterocycles. The van der Waals surface area contributed by atoms with Gasteiger partial charge in [-0.1, -0.05) is 69.3 Å². The van der Waals surface area contributed by atoms with E-state index in [0.717, 1.165) is 16.9 Å². The lowest BCUT2D eigenvalue weighted by molar-refractivity contribution is 0.182. The normalized spacial score (nSPS) is 12.8. The zero-order chi connectivity index (χ0) is 20.4. The van der Waals surface area contributed by atoms with Gasteiger partial charge in [0.2, 0.25) is 0 Å². The van der Waals surface area contributed by atoms with Crippen LogP contribution < -0.4 is 4.74 Å². The minimum Gasteiger partial charge on any atom is -0.484 e. The standard InChI is InChI=1S/C26H28N2O/c1-19-15-23(26(2,3)4)11-12-24(19)29-25(17-28-14-13-27-18-28)22-10-9-20-7-5-6-8-21(20)16-22/h5-16,18,25H,17H2,1-4H3. The van der Waals surface area contributed by atoms with Gasteiger partial charge in [0.15, 0.2) is 0 Å². The fourth-order valence-electron chi connectivity index (χ4n) is 3.61. The number of hydrogen-bond donors (Lipinski definition) is 0. The number of aryl methyl sites for hydroxylation is 1. The average Bonchev–Trinajstić information content (AvgIpc) is 3.21. The Bertz CT molecular complexity index is 1110. The Hall–Kier alpha value is -3.07. The molecule has 29 heavy (non-hydrogen) atoms. The van der Waals surface area contributed by atoms with Crippen LogP contribution in [0, 0.1) is 6.92 Å². The van der Waals surface area contributed by atoms with Gasteiger partial charge in [-0.3, -0.25) is 0 Å². The summed E-state index contributed by atoms with van der Waals surface area (Å²) >= 11 is 0. The zero-order valence-corrected chi connectivity index (χ0v) is 17.6. The Kier molecular flexibility index (Phi) is 5.14. The first-order valence-corrected chi connectivity index (χ1v) is 10.1. The molecule has 1 heterocycles. The molecule has 0 radical (unpaired) electrons. The molecule has 1 aromatic heterocycles. The predicted molar refractivity (Wildman–Crippen MR) is 119 cm³/mol. The molecule has 148 valence electrons. The largest absolute Gasteiger partial charge is 0.484 e. The first-order valence-electron chi connectivity index (χ1n) is 10.1. The van der Waals surface area contributed by atoms with E-state index in [-0.39, 0.29) is 11.5 Å². The summed E-state index contributed by atoms with van der Waals surface area (Å²) < 4.78 is 8.64. The topological polar surface area (TPSA) is 27.1 Å². The van der Waals surface area contributed by atoms with Crippen molar-refractivity contribution in [3.05, 3.63) is 96.1 Å². The van der Waals surface area contributed by atoms with Crippen molar-refractivity contribution in [1.29, 1.82) is 0 Å². The molecule has 1 unspecified atom stereocenters. The van der Waals surface area contributed by atoms with Crippen LogP contribution in [0.15, 0.2) is 79.4 Å². The lowest BCUT2D eigenvalue weighted by atomic mass is 9.86. The second kappa shape index (κ2) is 7.75. The van der Waals surface area contributed by atoms with Crippen molar-refractivity contribution in [3.8, 4) is 5.75 Å². The molecule has 1 atom stereocenters. The summed E-state index contributed by atoms with van der Waals surface area (Å²) in [6.07, 6.45) is 5.52. The maximum absolute atomic E-state index is 6.57. The third kappa shape index (κ3) is 4.34. The molecule has 0 aliphatic carbocycles. The van der Waals surface area contributed by atoms with Gasteiger partial charge in [0.05, 0.1) is 12.9 Å². The molecule has 0 fully saturated rings. The van der Waals surface area contributed by atoms with Gasteiger partial charge in [0.25, 0.3) is 0 Å². The molecule has 0 amide bonds. The Labute approximate surface area is 173 Å². The van der Waals surface area contributed by atoms with Crippen LogP contribution in [-0.4, -0.2) is 9.55 Å². The van der Waals surface area contributed by atoms with Gasteiger partial charge in [-0.2, -0.15) is 0 Å². The van der Waals surface area contributed by atoms with Crippen molar-refractivity contribution in [3.63, 3.8) is 0 Å². The second-order valence-electron chi connectivity index (χ2n) is 8.70. The van der Waals surface area contributed by atoms with E-state index < -0.39 is 0 Å². The molecule has 0 saturated carbocycles. The summed E-state index contributed by atoms with van der Waals surface area (Å²) in [6.45, 7) is 9.54. The SMILES string of the molecule is Cc1cc(C(C)(C)C)ccc1OC(Cn1ccnc1)c1ccc2ccccc2c1. The van der Waals surface area contributed by atoms with Gasteiger partial charge in [-0.25, -0.2) is 4.98 Å². The maximum atomic E-state index is 6.57. The third-order valence-electron chi connectivity index (χ3n) is 5.39. The summed E-state index contributed by atoms with van der Waals surface area (Å²) in [4.78, 5) is 4.19. The quantitative estimate of drug-likeness (QED) is 0.395. The number of benzene rings is 3. The van der Waals surface area contributed by atoms with Gasteiger partial charge >= 0.3 is 0 Å². The van der Waals surface area contributed by atoms with Gasteiger partial charge in [-0.05, 0) is 51.9 Å². The molecule has 0 spiro atoms. The first kappa shape index (κ1) is 19.3. The van der Waals surface area contributed by atoms with Crippen molar-refractivity contribution in [1.82, 2.24) is 9.55 Å². The fourth-order valence-corrected chi connectivity index (χ4v) is 3.61. The molecule has 3 aromatic carbocycles. The van der Waals surface area contributed by atoms with Crippen molar-refractivity contribution in [2.75, 3.05) is 0 Å². The number of imidazole rings is 1. The number of fused-ring (bicyclic) bond motifs is 1. The molecule has 4 rings (SSSR count). The highest BCUT2D eigenvalue weighted by molar-refractivity contribution is 5.83. The highest BCUT2D eigenvalue weighted by Crippen LogP contribution is 2.32.